The summed E-state index contributed by atoms with van der Waals surface area (Å²) < 4.78 is 24.5. The molecule has 4 N–H and O–H groups in total. The number of ether oxygens (including phenoxy) is 1. The number of aromatic nitrogens is 4. The van der Waals surface area contributed by atoms with E-state index in [0.29, 0.717) is 23.5 Å². The molecule has 2 aromatic rings. The molecule has 0 fully saturated rings. The third kappa shape index (κ3) is 7.44. The van der Waals surface area contributed by atoms with Gasteiger partial charge in [-0.3, -0.25) is 4.57 Å². The molecule has 10 nitrogen and oxygen atoms in total. The van der Waals surface area contributed by atoms with Crippen LogP contribution in [0.4, 0.5) is 5.82 Å². The second-order valence-electron chi connectivity index (χ2n) is 6.75. The van der Waals surface area contributed by atoms with Crippen LogP contribution in [0.2, 0.25) is 0 Å². The van der Waals surface area contributed by atoms with Gasteiger partial charge >= 0.3 is 7.60 Å². The summed E-state index contributed by atoms with van der Waals surface area (Å²) in [6, 6.07) is 0. The second-order valence-corrected chi connectivity index (χ2v) is 8.54. The maximum atomic E-state index is 12.1. The van der Waals surface area contributed by atoms with Gasteiger partial charge in [-0.1, -0.05) is 25.7 Å². The number of rotatable bonds is 14. The van der Waals surface area contributed by atoms with Crippen molar-refractivity contribution in [3.63, 3.8) is 0 Å². The first-order valence-corrected chi connectivity index (χ1v) is 11.3. The van der Waals surface area contributed by atoms with Crippen LogP contribution in [0.1, 0.15) is 45.4 Å². The lowest BCUT2D eigenvalue weighted by Gasteiger charge is -2.17. The van der Waals surface area contributed by atoms with E-state index in [1.165, 1.54) is 6.33 Å². The molecular weight excluding hydrogens is 385 g/mol. The number of hydrogen-bond acceptors (Lipinski definition) is 8. The number of aliphatic hydroxyl groups is 1. The van der Waals surface area contributed by atoms with Gasteiger partial charge in [0.25, 0.3) is 0 Å². The van der Waals surface area contributed by atoms with Crippen molar-refractivity contribution in [2.24, 2.45) is 0 Å². The van der Waals surface area contributed by atoms with Crippen LogP contribution in [-0.2, 0) is 20.4 Å². The number of aliphatic hydroxyl groups excluding tert-OH is 1. The number of nitrogens with two attached hydrogens (primary N) is 1. The van der Waals surface area contributed by atoms with E-state index < -0.39 is 7.60 Å². The highest BCUT2D eigenvalue weighted by Crippen LogP contribution is 2.42. The van der Waals surface area contributed by atoms with Crippen LogP contribution < -0.4 is 5.73 Å². The topological polar surface area (TPSA) is 146 Å². The zero-order valence-electron chi connectivity index (χ0n) is 16.2. The molecule has 0 saturated heterocycles. The first kappa shape index (κ1) is 22.7. The van der Waals surface area contributed by atoms with Crippen molar-refractivity contribution in [1.82, 2.24) is 19.5 Å². The zero-order valence-corrected chi connectivity index (χ0v) is 17.1. The number of nitrogen functional groups attached to an aromatic ring is 1. The third-order valence-electron chi connectivity index (χ3n) is 4.25. The Labute approximate surface area is 164 Å². The molecule has 28 heavy (non-hydrogen) atoms. The molecule has 11 heteroatoms. The van der Waals surface area contributed by atoms with Crippen molar-refractivity contribution >= 4 is 24.6 Å². The molecule has 0 aliphatic heterocycles. The van der Waals surface area contributed by atoms with Crippen molar-refractivity contribution in [2.75, 3.05) is 25.3 Å². The van der Waals surface area contributed by atoms with Gasteiger partial charge in [0.1, 0.15) is 18.2 Å². The lowest BCUT2D eigenvalue weighted by Crippen LogP contribution is -2.17. The third-order valence-corrected chi connectivity index (χ3v) is 5.31. The minimum atomic E-state index is -3.78. The number of nitrogens with zero attached hydrogens (tertiary/aromatic N) is 4. The minimum absolute atomic E-state index is 0.230. The molecule has 0 bridgehead atoms. The van der Waals surface area contributed by atoms with Crippen molar-refractivity contribution in [3.8, 4) is 0 Å². The molecule has 0 saturated carbocycles. The molecule has 2 aromatic heterocycles. The molecular formula is C17H30N5O5P. The SMILES string of the molecule is C[C@H](Cn1cnc2c(N)ncnc21)OCP(=O)(O)OCCCCCCCCO. The molecule has 158 valence electrons. The summed E-state index contributed by atoms with van der Waals surface area (Å²) >= 11 is 0. The molecule has 2 heterocycles. The summed E-state index contributed by atoms with van der Waals surface area (Å²) in [5.41, 5.74) is 6.86. The largest absolute Gasteiger partial charge is 0.396 e. The predicted molar refractivity (Wildman–Crippen MR) is 106 cm³/mol. The normalized spacial score (nSPS) is 15.0. The van der Waals surface area contributed by atoms with Crippen LogP contribution in [0, 0.1) is 0 Å². The first-order chi connectivity index (χ1) is 13.4. The molecule has 2 rings (SSSR count). The average Bonchev–Trinajstić information content (AvgIpc) is 3.07. The van der Waals surface area contributed by atoms with Gasteiger partial charge in [0, 0.05) is 6.61 Å². The fraction of sp³-hybridized carbons (Fsp3) is 0.706. The van der Waals surface area contributed by atoms with Crippen molar-refractivity contribution in [1.29, 1.82) is 0 Å². The van der Waals surface area contributed by atoms with E-state index in [1.807, 2.05) is 0 Å². The Kier molecular flexibility index (Phi) is 9.27. The van der Waals surface area contributed by atoms with E-state index in [4.69, 9.17) is 20.1 Å². The van der Waals surface area contributed by atoms with Gasteiger partial charge in [0.2, 0.25) is 0 Å². The quantitative estimate of drug-likeness (QED) is 0.312. The van der Waals surface area contributed by atoms with Gasteiger partial charge in [-0.05, 0) is 19.8 Å². The highest BCUT2D eigenvalue weighted by atomic mass is 31.2. The van der Waals surface area contributed by atoms with Gasteiger partial charge < -0.3 is 29.6 Å². The fourth-order valence-electron chi connectivity index (χ4n) is 2.75. The minimum Gasteiger partial charge on any atom is -0.396 e. The lowest BCUT2D eigenvalue weighted by atomic mass is 10.1. The maximum Gasteiger partial charge on any atom is 0.353 e. The van der Waals surface area contributed by atoms with E-state index in [9.17, 15) is 9.46 Å². The predicted octanol–water partition coefficient (Wildman–Crippen LogP) is 2.31. The van der Waals surface area contributed by atoms with E-state index in [2.05, 4.69) is 15.0 Å². The smallest absolute Gasteiger partial charge is 0.353 e. The number of imidazole rings is 1. The summed E-state index contributed by atoms with van der Waals surface area (Å²) in [7, 11) is -3.78. The van der Waals surface area contributed by atoms with Crippen LogP contribution in [0.15, 0.2) is 12.7 Å². The number of hydrogen-bond donors (Lipinski definition) is 3. The average molecular weight is 415 g/mol. The van der Waals surface area contributed by atoms with Crippen LogP contribution >= 0.6 is 7.60 Å². The molecule has 0 amide bonds. The Morgan fingerprint density at radius 2 is 1.89 bits per heavy atom. The molecule has 0 aliphatic carbocycles. The van der Waals surface area contributed by atoms with Crippen LogP contribution in [-0.4, -0.2) is 55.2 Å². The van der Waals surface area contributed by atoms with Crippen molar-refractivity contribution < 1.29 is 23.8 Å². The second kappa shape index (κ2) is 11.4. The van der Waals surface area contributed by atoms with Gasteiger partial charge in [0.05, 0.1) is 25.6 Å². The van der Waals surface area contributed by atoms with Gasteiger partial charge in [-0.15, -0.1) is 0 Å². The van der Waals surface area contributed by atoms with Crippen molar-refractivity contribution in [3.05, 3.63) is 12.7 Å². The summed E-state index contributed by atoms with van der Waals surface area (Å²) in [6.07, 6.45) is 7.81. The lowest BCUT2D eigenvalue weighted by molar-refractivity contribution is 0.0715. The van der Waals surface area contributed by atoms with Crippen LogP contribution in [0.5, 0.6) is 0 Å². The standard InChI is InChI=1S/C17H30N5O5P/c1-14(10-22-12-21-15-16(18)19-11-20-17(15)22)26-13-28(24,25)27-9-7-5-3-2-4-6-8-23/h11-12,14,23H,2-10,13H2,1H3,(H,24,25)(H2,18,19,20)/t14-/m1/s1. The van der Waals surface area contributed by atoms with E-state index in [-0.39, 0.29) is 25.7 Å². The maximum absolute atomic E-state index is 12.1. The Morgan fingerprint density at radius 3 is 2.64 bits per heavy atom. The summed E-state index contributed by atoms with van der Waals surface area (Å²) in [5.74, 6) is 0.305. The number of anilines is 1. The Morgan fingerprint density at radius 1 is 1.18 bits per heavy atom. The van der Waals surface area contributed by atoms with Gasteiger partial charge in [-0.2, -0.15) is 0 Å². The van der Waals surface area contributed by atoms with Crippen LogP contribution in [0.3, 0.4) is 0 Å². The fourth-order valence-corrected chi connectivity index (χ4v) is 3.68. The first-order valence-electron chi connectivity index (χ1n) is 9.53. The monoisotopic (exact) mass is 415 g/mol. The molecule has 1 unspecified atom stereocenters. The van der Waals surface area contributed by atoms with Crippen LogP contribution in [0.25, 0.3) is 11.2 Å². The molecule has 0 aliphatic rings. The highest BCUT2D eigenvalue weighted by Gasteiger charge is 2.21. The van der Waals surface area contributed by atoms with E-state index in [1.54, 1.807) is 17.8 Å². The number of unbranched alkanes of at least 4 members (excludes halogenated alkanes) is 5. The van der Waals surface area contributed by atoms with Crippen molar-refractivity contribution in [2.45, 2.75) is 58.1 Å². The highest BCUT2D eigenvalue weighted by molar-refractivity contribution is 7.52. The van der Waals surface area contributed by atoms with E-state index >= 15 is 0 Å². The Hall–Kier alpha value is -1.58. The van der Waals surface area contributed by atoms with Gasteiger partial charge in [-0.25, -0.2) is 15.0 Å². The zero-order chi connectivity index (χ0) is 20.4. The molecule has 0 aromatic carbocycles. The molecule has 0 spiro atoms. The summed E-state index contributed by atoms with van der Waals surface area (Å²) in [5, 5.41) is 8.71. The number of fused-ring (bicyclic) bond motifs is 1. The Balaban J connectivity index is 1.67. The Bertz CT molecular complexity index is 771. The molecule has 2 atom stereocenters. The summed E-state index contributed by atoms with van der Waals surface area (Å²) in [4.78, 5) is 22.1. The van der Waals surface area contributed by atoms with E-state index in [0.717, 1.165) is 38.5 Å². The molecule has 0 radical (unpaired) electrons. The summed E-state index contributed by atoms with van der Waals surface area (Å²) in [6.45, 7) is 2.66. The van der Waals surface area contributed by atoms with Gasteiger partial charge in [0.15, 0.2) is 11.5 Å².